The number of carbonyl (C=O) groups excluding carboxylic acids is 1. The van der Waals surface area contributed by atoms with Gasteiger partial charge >= 0.3 is 0 Å². The van der Waals surface area contributed by atoms with E-state index in [2.05, 4.69) is 24.0 Å². The average Bonchev–Trinajstić information content (AvgIpc) is 3.22. The molecule has 0 aliphatic carbocycles. The predicted molar refractivity (Wildman–Crippen MR) is 76.1 cm³/mol. The van der Waals surface area contributed by atoms with E-state index in [1.807, 2.05) is 48.5 Å². The highest BCUT2D eigenvalue weighted by molar-refractivity contribution is 6.02. The quantitative estimate of drug-likeness (QED) is 0.613. The van der Waals surface area contributed by atoms with E-state index in [1.165, 1.54) is 5.56 Å². The first-order chi connectivity index (χ1) is 9.33. The van der Waals surface area contributed by atoms with Crippen molar-refractivity contribution in [2.45, 2.75) is 19.0 Å². The molecule has 1 aliphatic rings. The van der Waals surface area contributed by atoms with Crippen LogP contribution in [0, 0.1) is 0 Å². The topological polar surface area (TPSA) is 20.1 Å². The van der Waals surface area contributed by atoms with Gasteiger partial charge in [-0.15, -0.1) is 0 Å². The molecule has 2 heteroatoms. The summed E-state index contributed by atoms with van der Waals surface area (Å²) in [5.74, 6) is 0.233. The molecule has 0 saturated carbocycles. The summed E-state index contributed by atoms with van der Waals surface area (Å²) in [4.78, 5) is 14.8. The number of ketones is 1. The largest absolute Gasteiger partial charge is 0.292 e. The van der Waals surface area contributed by atoms with Gasteiger partial charge in [-0.1, -0.05) is 67.6 Å². The van der Waals surface area contributed by atoms with Crippen molar-refractivity contribution in [3.05, 3.63) is 71.8 Å². The zero-order valence-electron chi connectivity index (χ0n) is 11.0. The van der Waals surface area contributed by atoms with Crippen LogP contribution >= 0.6 is 0 Å². The Bertz CT molecular complexity index is 564. The zero-order chi connectivity index (χ0) is 13.2. The van der Waals surface area contributed by atoms with Crippen molar-refractivity contribution >= 4 is 5.78 Å². The van der Waals surface area contributed by atoms with Crippen LogP contribution in [0.4, 0.5) is 0 Å². The lowest BCUT2D eigenvalue weighted by Crippen LogP contribution is -2.12. The molecule has 0 radical (unpaired) electrons. The lowest BCUT2D eigenvalue weighted by Gasteiger charge is -1.98. The lowest BCUT2D eigenvalue weighted by molar-refractivity contribution is 0.0974. The summed E-state index contributed by atoms with van der Waals surface area (Å²) < 4.78 is 0. The third-order valence-electron chi connectivity index (χ3n) is 3.76. The minimum Gasteiger partial charge on any atom is -0.292 e. The molecule has 0 bridgehead atoms. The first-order valence-corrected chi connectivity index (χ1v) is 6.73. The highest BCUT2D eigenvalue weighted by Gasteiger charge is 2.51. The van der Waals surface area contributed by atoms with Gasteiger partial charge in [-0.25, -0.2) is 0 Å². The highest BCUT2D eigenvalue weighted by Crippen LogP contribution is 2.44. The normalized spacial score (nSPS) is 25.0. The van der Waals surface area contributed by atoms with Crippen LogP contribution in [0.3, 0.4) is 0 Å². The third-order valence-corrected chi connectivity index (χ3v) is 3.76. The van der Waals surface area contributed by atoms with Gasteiger partial charge in [-0.05, 0) is 12.1 Å². The van der Waals surface area contributed by atoms with E-state index in [9.17, 15) is 4.79 Å². The summed E-state index contributed by atoms with van der Waals surface area (Å²) in [6.45, 7) is 3.01. The van der Waals surface area contributed by atoms with Crippen LogP contribution in [0.2, 0.25) is 0 Å². The van der Waals surface area contributed by atoms with Crippen molar-refractivity contribution in [3.63, 3.8) is 0 Å². The second-order valence-corrected chi connectivity index (χ2v) is 4.86. The summed E-state index contributed by atoms with van der Waals surface area (Å²) in [7, 11) is 0. The Morgan fingerprint density at radius 2 is 1.58 bits per heavy atom. The first-order valence-electron chi connectivity index (χ1n) is 6.73. The second kappa shape index (κ2) is 4.98. The van der Waals surface area contributed by atoms with Gasteiger partial charge in [-0.3, -0.25) is 9.69 Å². The van der Waals surface area contributed by atoms with Crippen molar-refractivity contribution in [2.75, 3.05) is 6.54 Å². The van der Waals surface area contributed by atoms with Crippen LogP contribution in [-0.2, 0) is 0 Å². The molecule has 2 nitrogen and oxygen atoms in total. The minimum atomic E-state index is 0.00907. The molecule has 19 heavy (non-hydrogen) atoms. The lowest BCUT2D eigenvalue weighted by atomic mass is 10.0. The second-order valence-electron chi connectivity index (χ2n) is 4.86. The van der Waals surface area contributed by atoms with E-state index < -0.39 is 0 Å². The van der Waals surface area contributed by atoms with Gasteiger partial charge < -0.3 is 0 Å². The average molecular weight is 251 g/mol. The van der Waals surface area contributed by atoms with Gasteiger partial charge in [0.25, 0.3) is 0 Å². The number of rotatable bonds is 4. The fourth-order valence-electron chi connectivity index (χ4n) is 2.76. The number of hydrogen-bond acceptors (Lipinski definition) is 2. The van der Waals surface area contributed by atoms with Crippen LogP contribution < -0.4 is 0 Å². The molecule has 0 aromatic heterocycles. The highest BCUT2D eigenvalue weighted by atomic mass is 16.1. The summed E-state index contributed by atoms with van der Waals surface area (Å²) in [6.07, 6.45) is 0. The maximum absolute atomic E-state index is 12.5. The van der Waals surface area contributed by atoms with Gasteiger partial charge in [0.05, 0.1) is 12.1 Å². The van der Waals surface area contributed by atoms with E-state index in [4.69, 9.17) is 0 Å². The van der Waals surface area contributed by atoms with Crippen LogP contribution in [0.25, 0.3) is 0 Å². The molecule has 1 unspecified atom stereocenters. The van der Waals surface area contributed by atoms with E-state index in [0.717, 1.165) is 12.1 Å². The number of hydrogen-bond donors (Lipinski definition) is 0. The fraction of sp³-hybridized carbons (Fsp3) is 0.235. The Morgan fingerprint density at radius 3 is 2.16 bits per heavy atom. The molecule has 2 aromatic carbocycles. The van der Waals surface area contributed by atoms with Crippen molar-refractivity contribution in [2.24, 2.45) is 0 Å². The molecule has 1 heterocycles. The number of carbonyl (C=O) groups is 1. The Balaban J connectivity index is 1.84. The molecular formula is C17H17NO. The SMILES string of the molecule is CCN1[C@H](C(=O)c2ccccc2)[C@H]1c1ccccc1. The predicted octanol–water partition coefficient (Wildman–Crippen LogP) is 3.31. The molecule has 3 atom stereocenters. The van der Waals surface area contributed by atoms with Gasteiger partial charge in [0.15, 0.2) is 5.78 Å². The van der Waals surface area contributed by atoms with Crippen LogP contribution in [0.5, 0.6) is 0 Å². The molecule has 0 spiro atoms. The molecule has 3 rings (SSSR count). The Labute approximate surface area is 113 Å². The van der Waals surface area contributed by atoms with Gasteiger partial charge in [-0.2, -0.15) is 0 Å². The first kappa shape index (κ1) is 12.1. The van der Waals surface area contributed by atoms with E-state index in [1.54, 1.807) is 0 Å². The molecule has 96 valence electrons. The van der Waals surface area contributed by atoms with Gasteiger partial charge in [0.2, 0.25) is 0 Å². The molecule has 0 amide bonds. The molecule has 0 N–H and O–H groups in total. The summed E-state index contributed by atoms with van der Waals surface area (Å²) in [6, 6.07) is 20.1. The number of nitrogens with zero attached hydrogens (tertiary/aromatic N) is 1. The van der Waals surface area contributed by atoms with Gasteiger partial charge in [0.1, 0.15) is 0 Å². The maximum Gasteiger partial charge on any atom is 0.181 e. The van der Waals surface area contributed by atoms with Crippen molar-refractivity contribution in [1.82, 2.24) is 4.90 Å². The summed E-state index contributed by atoms with van der Waals surface area (Å²) in [5, 5.41) is 0. The molecule has 2 aromatic rings. The Hall–Kier alpha value is -1.93. The monoisotopic (exact) mass is 251 g/mol. The van der Waals surface area contributed by atoms with E-state index in [0.29, 0.717) is 0 Å². The maximum atomic E-state index is 12.5. The number of benzene rings is 2. The van der Waals surface area contributed by atoms with Crippen LogP contribution in [0.15, 0.2) is 60.7 Å². The van der Waals surface area contributed by atoms with Crippen LogP contribution in [-0.4, -0.2) is 23.3 Å². The van der Waals surface area contributed by atoms with Crippen molar-refractivity contribution in [1.29, 1.82) is 0 Å². The molecule has 1 aliphatic heterocycles. The summed E-state index contributed by atoms with van der Waals surface area (Å²) in [5.41, 5.74) is 2.04. The standard InChI is InChI=1S/C17H17NO/c1-2-18-15(13-9-5-3-6-10-13)16(18)17(19)14-11-7-4-8-12-14/h3-12,15-16H,2H2,1H3/t15-,16+,18?/m1/s1. The van der Waals surface area contributed by atoms with Crippen molar-refractivity contribution in [3.8, 4) is 0 Å². The minimum absolute atomic E-state index is 0.00907. The van der Waals surface area contributed by atoms with E-state index in [-0.39, 0.29) is 17.9 Å². The van der Waals surface area contributed by atoms with Gasteiger partial charge in [0, 0.05) is 5.56 Å². The Morgan fingerprint density at radius 1 is 1.00 bits per heavy atom. The van der Waals surface area contributed by atoms with Crippen LogP contribution in [0.1, 0.15) is 28.9 Å². The molecule has 1 fully saturated rings. The summed E-state index contributed by atoms with van der Waals surface area (Å²) >= 11 is 0. The van der Waals surface area contributed by atoms with Crippen molar-refractivity contribution < 1.29 is 4.79 Å². The molecular weight excluding hydrogens is 234 g/mol. The molecule has 1 saturated heterocycles. The van der Waals surface area contributed by atoms with E-state index >= 15 is 0 Å². The number of likely N-dealkylation sites (N-methyl/N-ethyl adjacent to an activating group) is 1. The number of Topliss-reactive ketones (excluding diaryl/α,β-unsaturated/α-hetero) is 1. The Kier molecular flexibility index (Phi) is 3.18. The smallest absolute Gasteiger partial charge is 0.181 e. The third kappa shape index (κ3) is 2.20. The fourth-order valence-corrected chi connectivity index (χ4v) is 2.76. The zero-order valence-corrected chi connectivity index (χ0v) is 11.0.